The molecule has 2 fully saturated rings. The number of rotatable bonds is 1. The van der Waals surface area contributed by atoms with Gasteiger partial charge in [0.2, 0.25) is 0 Å². The normalized spacial score (nSPS) is 36.4. The van der Waals surface area contributed by atoms with Crippen LogP contribution in [0.5, 0.6) is 0 Å². The first-order chi connectivity index (χ1) is 6.54. The number of carbonyl (C=O) groups excluding carboxylic acids is 4. The molecule has 0 saturated heterocycles. The lowest BCUT2D eigenvalue weighted by atomic mass is 9.76. The van der Waals surface area contributed by atoms with E-state index in [2.05, 4.69) is 0 Å². The molecule has 0 spiro atoms. The first-order valence-corrected chi connectivity index (χ1v) is 4.65. The van der Waals surface area contributed by atoms with Crippen LogP contribution in [0.4, 0.5) is 0 Å². The van der Waals surface area contributed by atoms with E-state index >= 15 is 0 Å². The van der Waals surface area contributed by atoms with E-state index in [9.17, 15) is 19.2 Å². The third kappa shape index (κ3) is 0.997. The quantitative estimate of drug-likeness (QED) is 0.548. The van der Waals surface area contributed by atoms with Crippen LogP contribution in [-0.2, 0) is 19.2 Å². The van der Waals surface area contributed by atoms with Crippen molar-refractivity contribution in [3.8, 4) is 0 Å². The van der Waals surface area contributed by atoms with Crippen molar-refractivity contribution in [3.63, 3.8) is 0 Å². The standard InChI is InChI=1S/C10H10O4/c1-4(11)7-9(13)5-2-3-6(8(5)12)10(7)14/h5-7H,2-3H2,1H3. The summed E-state index contributed by atoms with van der Waals surface area (Å²) in [5.74, 6) is -4.13. The molecule has 2 saturated carbocycles. The molecule has 2 aliphatic carbocycles. The summed E-state index contributed by atoms with van der Waals surface area (Å²) in [6, 6.07) is 0. The monoisotopic (exact) mass is 194 g/mol. The second kappa shape index (κ2) is 2.83. The minimum absolute atomic E-state index is 0.266. The fraction of sp³-hybridized carbons (Fsp3) is 0.600. The van der Waals surface area contributed by atoms with Crippen LogP contribution in [0.3, 0.4) is 0 Å². The smallest absolute Gasteiger partial charge is 0.161 e. The SMILES string of the molecule is CC(=O)C1C(=O)C2CCC(C2=O)C1=O. The third-order valence-electron chi connectivity index (χ3n) is 3.09. The van der Waals surface area contributed by atoms with Gasteiger partial charge in [-0.25, -0.2) is 0 Å². The summed E-state index contributed by atoms with van der Waals surface area (Å²) in [6.45, 7) is 1.23. The number of fused-ring (bicyclic) bond motifs is 2. The molecule has 74 valence electrons. The summed E-state index contributed by atoms with van der Waals surface area (Å²) < 4.78 is 0. The highest BCUT2D eigenvalue weighted by Crippen LogP contribution is 2.37. The van der Waals surface area contributed by atoms with Gasteiger partial charge in [0.1, 0.15) is 11.7 Å². The highest BCUT2D eigenvalue weighted by atomic mass is 16.2. The topological polar surface area (TPSA) is 68.3 Å². The minimum Gasteiger partial charge on any atom is -0.299 e. The predicted molar refractivity (Wildman–Crippen MR) is 45.4 cm³/mol. The van der Waals surface area contributed by atoms with Crippen LogP contribution < -0.4 is 0 Å². The van der Waals surface area contributed by atoms with Gasteiger partial charge in [-0.05, 0) is 19.8 Å². The van der Waals surface area contributed by atoms with Gasteiger partial charge in [0, 0.05) is 0 Å². The molecule has 4 heteroatoms. The highest BCUT2D eigenvalue weighted by molar-refractivity contribution is 6.32. The van der Waals surface area contributed by atoms with Crippen LogP contribution >= 0.6 is 0 Å². The molecule has 2 rings (SSSR count). The fourth-order valence-corrected chi connectivity index (χ4v) is 2.37. The van der Waals surface area contributed by atoms with E-state index in [1.807, 2.05) is 0 Å². The average molecular weight is 194 g/mol. The Morgan fingerprint density at radius 2 is 1.43 bits per heavy atom. The second-order valence-electron chi connectivity index (χ2n) is 3.93. The average Bonchev–Trinajstić information content (AvgIpc) is 2.39. The van der Waals surface area contributed by atoms with Gasteiger partial charge in [-0.1, -0.05) is 0 Å². The van der Waals surface area contributed by atoms with Crippen molar-refractivity contribution in [2.75, 3.05) is 0 Å². The molecular weight excluding hydrogens is 184 g/mol. The van der Waals surface area contributed by atoms with Crippen LogP contribution in [0.2, 0.25) is 0 Å². The molecule has 2 unspecified atom stereocenters. The van der Waals surface area contributed by atoms with Gasteiger partial charge in [0.05, 0.1) is 11.8 Å². The van der Waals surface area contributed by atoms with Crippen molar-refractivity contribution < 1.29 is 19.2 Å². The Hall–Kier alpha value is -1.32. The molecule has 14 heavy (non-hydrogen) atoms. The van der Waals surface area contributed by atoms with Gasteiger partial charge in [0.15, 0.2) is 17.3 Å². The maximum Gasteiger partial charge on any atom is 0.161 e. The Bertz CT molecular complexity index is 329. The van der Waals surface area contributed by atoms with Gasteiger partial charge >= 0.3 is 0 Å². The summed E-state index contributed by atoms with van der Waals surface area (Å²) >= 11 is 0. The lowest BCUT2D eigenvalue weighted by Gasteiger charge is -2.21. The van der Waals surface area contributed by atoms with Crippen LogP contribution in [-0.4, -0.2) is 23.1 Å². The Labute approximate surface area is 80.7 Å². The summed E-state index contributed by atoms with van der Waals surface area (Å²) in [6.07, 6.45) is 0.885. The number of hydrogen-bond donors (Lipinski definition) is 0. The first kappa shape index (κ1) is 9.24. The Morgan fingerprint density at radius 3 is 1.79 bits per heavy atom. The largest absolute Gasteiger partial charge is 0.299 e. The van der Waals surface area contributed by atoms with E-state index in [0.717, 1.165) is 0 Å². The zero-order chi connectivity index (χ0) is 10.5. The van der Waals surface area contributed by atoms with Gasteiger partial charge in [-0.3, -0.25) is 19.2 Å². The van der Waals surface area contributed by atoms with Crippen molar-refractivity contribution in [1.82, 2.24) is 0 Å². The van der Waals surface area contributed by atoms with Crippen molar-refractivity contribution in [3.05, 3.63) is 0 Å². The van der Waals surface area contributed by atoms with Crippen molar-refractivity contribution in [1.29, 1.82) is 0 Å². The molecule has 0 aromatic rings. The van der Waals surface area contributed by atoms with Crippen molar-refractivity contribution in [2.45, 2.75) is 19.8 Å². The van der Waals surface area contributed by atoms with Crippen LogP contribution in [0.25, 0.3) is 0 Å². The van der Waals surface area contributed by atoms with E-state index in [-0.39, 0.29) is 5.78 Å². The molecule has 0 aromatic carbocycles. The van der Waals surface area contributed by atoms with Gasteiger partial charge in [-0.2, -0.15) is 0 Å². The number of Topliss-reactive ketones (excluding diaryl/α,β-unsaturated/α-hetero) is 4. The van der Waals surface area contributed by atoms with E-state index in [1.54, 1.807) is 0 Å². The van der Waals surface area contributed by atoms with Crippen LogP contribution in [0, 0.1) is 17.8 Å². The van der Waals surface area contributed by atoms with Crippen LogP contribution in [0.1, 0.15) is 19.8 Å². The summed E-state index contributed by atoms with van der Waals surface area (Å²) in [5, 5.41) is 0. The summed E-state index contributed by atoms with van der Waals surface area (Å²) in [7, 11) is 0. The maximum absolute atomic E-state index is 11.6. The Balaban J connectivity index is 2.42. The molecule has 0 N–H and O–H groups in total. The molecule has 0 aromatic heterocycles. The van der Waals surface area contributed by atoms with Gasteiger partial charge < -0.3 is 0 Å². The predicted octanol–water partition coefficient (Wildman–Crippen LogP) is -0.0613. The van der Waals surface area contributed by atoms with E-state index in [4.69, 9.17) is 0 Å². The number of carbonyl (C=O) groups is 4. The van der Waals surface area contributed by atoms with Crippen molar-refractivity contribution >= 4 is 23.1 Å². The highest BCUT2D eigenvalue weighted by Gasteiger charge is 2.54. The maximum atomic E-state index is 11.6. The first-order valence-electron chi connectivity index (χ1n) is 4.65. The minimum atomic E-state index is -1.15. The third-order valence-corrected chi connectivity index (χ3v) is 3.09. The van der Waals surface area contributed by atoms with Crippen molar-refractivity contribution in [2.24, 2.45) is 17.8 Å². The molecule has 2 bridgehead atoms. The van der Waals surface area contributed by atoms with E-state index < -0.39 is 35.1 Å². The van der Waals surface area contributed by atoms with E-state index in [0.29, 0.717) is 12.8 Å². The summed E-state index contributed by atoms with van der Waals surface area (Å²) in [4.78, 5) is 45.7. The molecular formula is C10H10O4. The summed E-state index contributed by atoms with van der Waals surface area (Å²) in [5.41, 5.74) is 0. The molecule has 0 radical (unpaired) electrons. The van der Waals surface area contributed by atoms with Gasteiger partial charge in [-0.15, -0.1) is 0 Å². The molecule has 2 atom stereocenters. The zero-order valence-corrected chi connectivity index (χ0v) is 7.78. The molecule has 0 amide bonds. The van der Waals surface area contributed by atoms with E-state index in [1.165, 1.54) is 6.92 Å². The number of hydrogen-bond acceptors (Lipinski definition) is 4. The molecule has 2 aliphatic rings. The lowest BCUT2D eigenvalue weighted by molar-refractivity contribution is -0.149. The van der Waals surface area contributed by atoms with Crippen LogP contribution in [0.15, 0.2) is 0 Å². The lowest BCUT2D eigenvalue weighted by Crippen LogP contribution is -2.45. The second-order valence-corrected chi connectivity index (χ2v) is 3.93. The zero-order valence-electron chi connectivity index (χ0n) is 7.78. The molecule has 0 aliphatic heterocycles. The fourth-order valence-electron chi connectivity index (χ4n) is 2.37. The molecule has 0 heterocycles. The molecule has 4 nitrogen and oxygen atoms in total. The Kier molecular flexibility index (Phi) is 1.87. The van der Waals surface area contributed by atoms with Gasteiger partial charge in [0.25, 0.3) is 0 Å². The number of ketones is 4. The Morgan fingerprint density at radius 1 is 1.00 bits per heavy atom.